The molecule has 1 aliphatic rings. The Kier molecular flexibility index (Phi) is 5.03. The van der Waals surface area contributed by atoms with E-state index in [1.54, 1.807) is 6.07 Å². The Hall–Kier alpha value is -1.53. The van der Waals surface area contributed by atoms with Crippen LogP contribution in [0.1, 0.15) is 24.8 Å². The molecule has 0 aliphatic carbocycles. The fourth-order valence-corrected chi connectivity index (χ4v) is 2.63. The summed E-state index contributed by atoms with van der Waals surface area (Å²) in [5.74, 6) is -0.767. The Bertz CT molecular complexity index is 475. The normalized spacial score (nSPS) is 19.2. The van der Waals surface area contributed by atoms with Gasteiger partial charge in [-0.2, -0.15) is 4.39 Å². The average Bonchev–Trinajstić information content (AvgIpc) is 2.39. The SMILES string of the molecule is CN(Cc1ccc([N+](=O)[O-])c(F)c1)CC1CCCCN1. The van der Waals surface area contributed by atoms with E-state index in [0.29, 0.717) is 12.6 Å². The summed E-state index contributed by atoms with van der Waals surface area (Å²) in [5, 5.41) is 14.0. The summed E-state index contributed by atoms with van der Waals surface area (Å²) in [6.07, 6.45) is 3.64. The van der Waals surface area contributed by atoms with Gasteiger partial charge in [-0.05, 0) is 38.1 Å². The molecule has 110 valence electrons. The van der Waals surface area contributed by atoms with Crippen LogP contribution < -0.4 is 5.32 Å². The van der Waals surface area contributed by atoms with Crippen LogP contribution >= 0.6 is 0 Å². The maximum atomic E-state index is 13.5. The Balaban J connectivity index is 1.92. The molecule has 1 saturated heterocycles. The monoisotopic (exact) mass is 281 g/mol. The van der Waals surface area contributed by atoms with Gasteiger partial charge in [-0.1, -0.05) is 12.5 Å². The summed E-state index contributed by atoms with van der Waals surface area (Å²) in [7, 11) is 1.98. The summed E-state index contributed by atoms with van der Waals surface area (Å²) in [6, 6.07) is 4.59. The molecule has 1 unspecified atom stereocenters. The minimum atomic E-state index is -0.767. The lowest BCUT2D eigenvalue weighted by molar-refractivity contribution is -0.387. The molecule has 1 atom stereocenters. The molecule has 6 heteroatoms. The van der Waals surface area contributed by atoms with Gasteiger partial charge in [0.25, 0.3) is 0 Å². The highest BCUT2D eigenvalue weighted by molar-refractivity contribution is 5.34. The number of benzene rings is 1. The molecular weight excluding hydrogens is 261 g/mol. The van der Waals surface area contributed by atoms with Crippen LogP contribution in [0.3, 0.4) is 0 Å². The molecule has 1 N–H and O–H groups in total. The van der Waals surface area contributed by atoms with E-state index in [9.17, 15) is 14.5 Å². The van der Waals surface area contributed by atoms with Gasteiger partial charge in [0.2, 0.25) is 5.82 Å². The van der Waals surface area contributed by atoms with E-state index in [4.69, 9.17) is 0 Å². The Labute approximate surface area is 117 Å². The summed E-state index contributed by atoms with van der Waals surface area (Å²) >= 11 is 0. The van der Waals surface area contributed by atoms with Gasteiger partial charge < -0.3 is 10.2 Å². The summed E-state index contributed by atoms with van der Waals surface area (Å²) in [5.41, 5.74) is 0.289. The Morgan fingerprint density at radius 3 is 2.90 bits per heavy atom. The van der Waals surface area contributed by atoms with Gasteiger partial charge in [0.05, 0.1) is 4.92 Å². The van der Waals surface area contributed by atoms with Gasteiger partial charge in [0, 0.05) is 25.2 Å². The minimum Gasteiger partial charge on any atom is -0.313 e. The van der Waals surface area contributed by atoms with Crippen molar-refractivity contribution >= 4 is 5.69 Å². The zero-order valence-electron chi connectivity index (χ0n) is 11.6. The van der Waals surface area contributed by atoms with Crippen LogP contribution in [-0.4, -0.2) is 36.0 Å². The van der Waals surface area contributed by atoms with Crippen molar-refractivity contribution in [3.8, 4) is 0 Å². The summed E-state index contributed by atoms with van der Waals surface area (Å²) in [6.45, 7) is 2.55. The first kappa shape index (κ1) is 14.9. The molecular formula is C14H20FN3O2. The van der Waals surface area contributed by atoms with E-state index in [0.717, 1.165) is 18.7 Å². The van der Waals surface area contributed by atoms with E-state index < -0.39 is 16.4 Å². The van der Waals surface area contributed by atoms with Gasteiger partial charge in [0.15, 0.2) is 0 Å². The van der Waals surface area contributed by atoms with Crippen LogP contribution in [0.5, 0.6) is 0 Å². The number of piperidine rings is 1. The molecule has 1 aliphatic heterocycles. The predicted octanol–water partition coefficient (Wildman–Crippen LogP) is 2.31. The Morgan fingerprint density at radius 2 is 2.30 bits per heavy atom. The largest absolute Gasteiger partial charge is 0.313 e. The standard InChI is InChI=1S/C14H20FN3O2/c1-17(10-12-4-2-3-7-16-12)9-11-5-6-14(18(19)20)13(15)8-11/h5-6,8,12,16H,2-4,7,9-10H2,1H3. The van der Waals surface area contributed by atoms with Crippen molar-refractivity contribution in [1.82, 2.24) is 10.2 Å². The molecule has 5 nitrogen and oxygen atoms in total. The molecule has 1 aromatic rings. The molecule has 0 saturated carbocycles. The first-order valence-electron chi connectivity index (χ1n) is 6.91. The number of hydrogen-bond donors (Lipinski definition) is 1. The van der Waals surface area contributed by atoms with Crippen molar-refractivity contribution in [2.24, 2.45) is 0 Å². The van der Waals surface area contributed by atoms with Gasteiger partial charge in [-0.25, -0.2) is 0 Å². The third kappa shape index (κ3) is 3.98. The minimum absolute atomic E-state index is 0.467. The van der Waals surface area contributed by atoms with Gasteiger partial charge in [0.1, 0.15) is 0 Å². The predicted molar refractivity (Wildman–Crippen MR) is 75.0 cm³/mol. The van der Waals surface area contributed by atoms with E-state index in [2.05, 4.69) is 10.2 Å². The molecule has 1 fully saturated rings. The molecule has 0 radical (unpaired) electrons. The molecule has 2 rings (SSSR count). The number of nitro groups is 1. The van der Waals surface area contributed by atoms with Gasteiger partial charge in [-0.15, -0.1) is 0 Å². The van der Waals surface area contributed by atoms with Gasteiger partial charge in [-0.3, -0.25) is 10.1 Å². The quantitative estimate of drug-likeness (QED) is 0.664. The zero-order chi connectivity index (χ0) is 14.5. The van der Waals surface area contributed by atoms with Crippen molar-refractivity contribution in [2.45, 2.75) is 31.8 Å². The molecule has 0 amide bonds. The van der Waals surface area contributed by atoms with Gasteiger partial charge >= 0.3 is 5.69 Å². The number of nitrogens with one attached hydrogen (secondary N) is 1. The number of rotatable bonds is 5. The Morgan fingerprint density at radius 1 is 1.50 bits per heavy atom. The number of likely N-dealkylation sites (N-methyl/N-ethyl adjacent to an activating group) is 1. The lowest BCUT2D eigenvalue weighted by Gasteiger charge is -2.28. The fraction of sp³-hybridized carbons (Fsp3) is 0.571. The molecule has 0 bridgehead atoms. The fourth-order valence-electron chi connectivity index (χ4n) is 2.63. The second kappa shape index (κ2) is 6.76. The van der Waals surface area contributed by atoms with Crippen LogP contribution in [-0.2, 0) is 6.54 Å². The van der Waals surface area contributed by atoms with Crippen molar-refractivity contribution in [1.29, 1.82) is 0 Å². The number of nitro benzene ring substituents is 1. The third-order valence-corrected chi connectivity index (χ3v) is 3.61. The topological polar surface area (TPSA) is 58.4 Å². The van der Waals surface area contributed by atoms with E-state index in [-0.39, 0.29) is 0 Å². The van der Waals surface area contributed by atoms with Crippen molar-refractivity contribution in [2.75, 3.05) is 20.1 Å². The highest BCUT2D eigenvalue weighted by Crippen LogP contribution is 2.19. The van der Waals surface area contributed by atoms with Crippen molar-refractivity contribution < 1.29 is 9.31 Å². The third-order valence-electron chi connectivity index (χ3n) is 3.61. The number of halogens is 1. The van der Waals surface area contributed by atoms with E-state index in [1.165, 1.54) is 31.4 Å². The smallest absolute Gasteiger partial charge is 0.304 e. The number of hydrogen-bond acceptors (Lipinski definition) is 4. The second-order valence-corrected chi connectivity index (χ2v) is 5.39. The average molecular weight is 281 g/mol. The first-order chi connectivity index (χ1) is 9.56. The molecule has 1 heterocycles. The van der Waals surface area contributed by atoms with Crippen molar-refractivity contribution in [3.05, 3.63) is 39.7 Å². The van der Waals surface area contributed by atoms with E-state index >= 15 is 0 Å². The lowest BCUT2D eigenvalue weighted by Crippen LogP contribution is -2.42. The van der Waals surface area contributed by atoms with Crippen LogP contribution in [0, 0.1) is 15.9 Å². The maximum absolute atomic E-state index is 13.5. The van der Waals surface area contributed by atoms with Crippen LogP contribution in [0.25, 0.3) is 0 Å². The van der Waals surface area contributed by atoms with Crippen LogP contribution in [0.15, 0.2) is 18.2 Å². The number of nitrogens with zero attached hydrogens (tertiary/aromatic N) is 2. The first-order valence-corrected chi connectivity index (χ1v) is 6.91. The highest BCUT2D eigenvalue weighted by atomic mass is 19.1. The van der Waals surface area contributed by atoms with E-state index in [1.807, 2.05) is 7.05 Å². The molecule has 20 heavy (non-hydrogen) atoms. The molecule has 0 spiro atoms. The molecule has 0 aromatic heterocycles. The second-order valence-electron chi connectivity index (χ2n) is 5.39. The van der Waals surface area contributed by atoms with Crippen LogP contribution in [0.2, 0.25) is 0 Å². The van der Waals surface area contributed by atoms with Crippen molar-refractivity contribution in [3.63, 3.8) is 0 Å². The summed E-state index contributed by atoms with van der Waals surface area (Å²) in [4.78, 5) is 12.0. The maximum Gasteiger partial charge on any atom is 0.304 e. The molecule has 1 aromatic carbocycles. The zero-order valence-corrected chi connectivity index (χ0v) is 11.6. The van der Waals surface area contributed by atoms with Crippen LogP contribution in [0.4, 0.5) is 10.1 Å². The lowest BCUT2D eigenvalue weighted by atomic mass is 10.0. The summed E-state index contributed by atoms with van der Waals surface area (Å²) < 4.78 is 13.5. The highest BCUT2D eigenvalue weighted by Gasteiger charge is 2.17.